The number of rotatable bonds is 3. The Hall–Kier alpha value is -2.15. The normalized spacial score (nSPS) is 24.4. The van der Waals surface area contributed by atoms with Crippen molar-refractivity contribution in [3.63, 3.8) is 0 Å². The van der Waals surface area contributed by atoms with Crippen LogP contribution in [0.3, 0.4) is 0 Å². The molecule has 2 aliphatic rings. The summed E-state index contributed by atoms with van der Waals surface area (Å²) in [6, 6.07) is 8.10. The molecule has 1 heterocycles. The second-order valence-corrected chi connectivity index (χ2v) is 6.35. The van der Waals surface area contributed by atoms with E-state index >= 15 is 0 Å². The highest BCUT2D eigenvalue weighted by molar-refractivity contribution is 8.15. The van der Waals surface area contributed by atoms with Crippen LogP contribution < -0.4 is 5.32 Å². The third-order valence-corrected chi connectivity index (χ3v) is 4.66. The van der Waals surface area contributed by atoms with E-state index in [2.05, 4.69) is 21.6 Å². The van der Waals surface area contributed by atoms with Crippen LogP contribution in [-0.4, -0.2) is 33.1 Å². The van der Waals surface area contributed by atoms with E-state index < -0.39 is 11.2 Å². The fourth-order valence-electron chi connectivity index (χ4n) is 2.56. The van der Waals surface area contributed by atoms with E-state index in [-0.39, 0.29) is 12.3 Å². The van der Waals surface area contributed by atoms with Gasteiger partial charge in [0.1, 0.15) is 5.25 Å². The quantitative estimate of drug-likeness (QED) is 0.832. The first-order valence-electron chi connectivity index (χ1n) is 7.05. The number of hydrogen-bond acceptors (Lipinski definition) is 5. The number of nitrogens with zero attached hydrogens (tertiary/aromatic N) is 2. The number of carbonyl (C=O) groups excluding carboxylic acids is 1. The fourth-order valence-corrected chi connectivity index (χ4v) is 3.46. The van der Waals surface area contributed by atoms with Crippen molar-refractivity contribution >= 4 is 34.5 Å². The van der Waals surface area contributed by atoms with Gasteiger partial charge in [-0.25, -0.2) is 0 Å². The van der Waals surface area contributed by atoms with Crippen LogP contribution in [0.4, 0.5) is 0 Å². The molecule has 1 atom stereocenters. The molecule has 1 aromatic rings. The zero-order chi connectivity index (χ0) is 15.5. The highest BCUT2D eigenvalue weighted by Crippen LogP contribution is 2.24. The SMILES string of the molecule is O=C(O)C[C@@H]1SC(=NN=C2CCCc3ccccc32)NC1=O. The van der Waals surface area contributed by atoms with E-state index in [1.807, 2.05) is 18.2 Å². The van der Waals surface area contributed by atoms with Gasteiger partial charge in [0, 0.05) is 5.56 Å². The van der Waals surface area contributed by atoms with Crippen molar-refractivity contribution < 1.29 is 14.7 Å². The van der Waals surface area contributed by atoms with Gasteiger partial charge in [-0.3, -0.25) is 9.59 Å². The molecule has 1 amide bonds. The van der Waals surface area contributed by atoms with E-state index in [9.17, 15) is 9.59 Å². The number of thioether (sulfide) groups is 1. The van der Waals surface area contributed by atoms with Crippen LogP contribution in [0, 0.1) is 0 Å². The standard InChI is InChI=1S/C15H15N3O3S/c19-13(20)8-12-14(21)16-15(22-12)18-17-11-7-3-5-9-4-1-2-6-10(9)11/h1-2,4,6,12H,3,5,7-8H2,(H,19,20)(H,16,18,21)/t12-/m0/s1. The summed E-state index contributed by atoms with van der Waals surface area (Å²) in [5.74, 6) is -1.32. The third kappa shape index (κ3) is 3.19. The average molecular weight is 317 g/mol. The zero-order valence-corrected chi connectivity index (χ0v) is 12.6. The number of fused-ring (bicyclic) bond motifs is 1. The third-order valence-electron chi connectivity index (χ3n) is 3.59. The molecule has 114 valence electrons. The highest BCUT2D eigenvalue weighted by Gasteiger charge is 2.32. The van der Waals surface area contributed by atoms with Crippen molar-refractivity contribution in [3.05, 3.63) is 35.4 Å². The van der Waals surface area contributed by atoms with Gasteiger partial charge in [0.2, 0.25) is 5.91 Å². The van der Waals surface area contributed by atoms with Gasteiger partial charge in [-0.1, -0.05) is 36.0 Å². The molecule has 22 heavy (non-hydrogen) atoms. The number of amides is 1. The van der Waals surface area contributed by atoms with E-state index in [1.165, 1.54) is 5.56 Å². The maximum Gasteiger partial charge on any atom is 0.305 e. The Bertz CT molecular complexity index is 684. The minimum Gasteiger partial charge on any atom is -0.481 e. The number of carbonyl (C=O) groups is 2. The molecule has 1 saturated heterocycles. The Kier molecular flexibility index (Phi) is 4.24. The molecule has 0 radical (unpaired) electrons. The van der Waals surface area contributed by atoms with Crippen LogP contribution in [-0.2, 0) is 16.0 Å². The first-order chi connectivity index (χ1) is 10.6. The first-order valence-corrected chi connectivity index (χ1v) is 7.93. The Balaban J connectivity index is 1.77. The molecule has 1 aliphatic heterocycles. The smallest absolute Gasteiger partial charge is 0.305 e. The van der Waals surface area contributed by atoms with Crippen molar-refractivity contribution in [2.75, 3.05) is 0 Å². The lowest BCUT2D eigenvalue weighted by Crippen LogP contribution is -2.26. The van der Waals surface area contributed by atoms with E-state index in [1.54, 1.807) is 0 Å². The number of amidine groups is 1. The van der Waals surface area contributed by atoms with Crippen molar-refractivity contribution in [1.29, 1.82) is 0 Å². The second-order valence-electron chi connectivity index (χ2n) is 5.16. The molecule has 0 saturated carbocycles. The van der Waals surface area contributed by atoms with Gasteiger partial charge >= 0.3 is 5.97 Å². The Morgan fingerprint density at radius 2 is 2.14 bits per heavy atom. The summed E-state index contributed by atoms with van der Waals surface area (Å²) in [6.07, 6.45) is 2.71. The van der Waals surface area contributed by atoms with Gasteiger partial charge < -0.3 is 10.4 Å². The molecule has 0 spiro atoms. The topological polar surface area (TPSA) is 91.1 Å². The van der Waals surface area contributed by atoms with Gasteiger partial charge in [-0.15, -0.1) is 5.10 Å². The van der Waals surface area contributed by atoms with Gasteiger partial charge in [0.25, 0.3) is 0 Å². The summed E-state index contributed by atoms with van der Waals surface area (Å²) < 4.78 is 0. The summed E-state index contributed by atoms with van der Waals surface area (Å²) in [5.41, 5.74) is 3.28. The first kappa shape index (κ1) is 14.8. The molecule has 2 N–H and O–H groups in total. The highest BCUT2D eigenvalue weighted by atomic mass is 32.2. The predicted molar refractivity (Wildman–Crippen MR) is 85.1 cm³/mol. The fraction of sp³-hybridized carbons (Fsp3) is 0.333. The number of nitrogens with one attached hydrogen (secondary N) is 1. The minimum absolute atomic E-state index is 0.213. The van der Waals surface area contributed by atoms with Crippen LogP contribution in [0.15, 0.2) is 34.5 Å². The van der Waals surface area contributed by atoms with Crippen molar-refractivity contribution in [2.45, 2.75) is 30.9 Å². The minimum atomic E-state index is -0.999. The Morgan fingerprint density at radius 3 is 2.95 bits per heavy atom. The van der Waals surface area contributed by atoms with Crippen LogP contribution in [0.25, 0.3) is 0 Å². The van der Waals surface area contributed by atoms with Crippen LogP contribution in [0.5, 0.6) is 0 Å². The summed E-state index contributed by atoms with van der Waals surface area (Å²) in [5, 5.41) is 19.4. The monoisotopic (exact) mass is 317 g/mol. The van der Waals surface area contributed by atoms with Crippen LogP contribution >= 0.6 is 11.8 Å². The molecular formula is C15H15N3O3S. The average Bonchev–Trinajstić information content (AvgIpc) is 2.84. The molecule has 6 nitrogen and oxygen atoms in total. The van der Waals surface area contributed by atoms with Crippen molar-refractivity contribution in [3.8, 4) is 0 Å². The van der Waals surface area contributed by atoms with Gasteiger partial charge in [0.05, 0.1) is 12.1 Å². The van der Waals surface area contributed by atoms with Crippen molar-refractivity contribution in [2.24, 2.45) is 10.2 Å². The molecule has 0 bridgehead atoms. The summed E-state index contributed by atoms with van der Waals surface area (Å²) in [7, 11) is 0. The Morgan fingerprint density at radius 1 is 1.32 bits per heavy atom. The second kappa shape index (κ2) is 6.31. The molecule has 0 unspecified atom stereocenters. The zero-order valence-electron chi connectivity index (χ0n) is 11.8. The number of hydrogen-bond donors (Lipinski definition) is 2. The summed E-state index contributed by atoms with van der Waals surface area (Å²) >= 11 is 1.12. The molecule has 1 aromatic carbocycles. The van der Waals surface area contributed by atoms with Gasteiger partial charge in [0.15, 0.2) is 5.17 Å². The van der Waals surface area contributed by atoms with E-state index in [0.717, 1.165) is 42.3 Å². The number of aliphatic carboxylic acids is 1. The molecule has 7 heteroatoms. The lowest BCUT2D eigenvalue weighted by molar-refractivity contribution is -0.138. The molecular weight excluding hydrogens is 302 g/mol. The number of carboxylic acid groups (broad SMARTS) is 1. The molecule has 1 fully saturated rings. The Labute approximate surface area is 131 Å². The van der Waals surface area contributed by atoms with Gasteiger partial charge in [-0.2, -0.15) is 5.10 Å². The molecule has 1 aliphatic carbocycles. The molecule has 0 aromatic heterocycles. The largest absolute Gasteiger partial charge is 0.481 e. The molecule has 3 rings (SSSR count). The maximum absolute atomic E-state index is 11.6. The predicted octanol–water partition coefficient (Wildman–Crippen LogP) is 1.79. The summed E-state index contributed by atoms with van der Waals surface area (Å²) in [4.78, 5) is 22.3. The van der Waals surface area contributed by atoms with Crippen LogP contribution in [0.1, 0.15) is 30.4 Å². The van der Waals surface area contributed by atoms with E-state index in [4.69, 9.17) is 5.11 Å². The van der Waals surface area contributed by atoms with E-state index in [0.29, 0.717) is 5.17 Å². The number of carboxylic acids is 1. The summed E-state index contributed by atoms with van der Waals surface area (Å²) in [6.45, 7) is 0. The lowest BCUT2D eigenvalue weighted by atomic mass is 9.90. The van der Waals surface area contributed by atoms with Crippen molar-refractivity contribution in [1.82, 2.24) is 5.32 Å². The van der Waals surface area contributed by atoms with Gasteiger partial charge in [-0.05, 0) is 24.8 Å². The maximum atomic E-state index is 11.6. The lowest BCUT2D eigenvalue weighted by Gasteiger charge is -2.16. The number of benzene rings is 1. The van der Waals surface area contributed by atoms with Crippen LogP contribution in [0.2, 0.25) is 0 Å². The number of aryl methyl sites for hydroxylation is 1.